The van der Waals surface area contributed by atoms with Gasteiger partial charge in [0.2, 0.25) is 10.0 Å². The molecule has 0 atom stereocenters. The zero-order valence-electron chi connectivity index (χ0n) is 8.60. The number of fused-ring (bicyclic) bond motifs is 1. The highest BCUT2D eigenvalue weighted by molar-refractivity contribution is 9.10. The van der Waals surface area contributed by atoms with Crippen LogP contribution in [0.2, 0.25) is 0 Å². The van der Waals surface area contributed by atoms with Gasteiger partial charge in [0.25, 0.3) is 0 Å². The fraction of sp³-hybridized carbons (Fsp3) is 0.400. The Morgan fingerprint density at radius 1 is 1.38 bits per heavy atom. The molecule has 0 aliphatic carbocycles. The van der Waals surface area contributed by atoms with E-state index in [4.69, 9.17) is 4.74 Å². The standard InChI is InChI=1S/C10H12BrNO3S/c11-8-16(13,14)12-6-3-7-15-10-5-2-1-4-9(10)12/h1-2,4-5H,3,6-8H2. The summed E-state index contributed by atoms with van der Waals surface area (Å²) in [5.74, 6) is 0.629. The number of hydrogen-bond donors (Lipinski definition) is 0. The Balaban J connectivity index is 2.48. The van der Waals surface area contributed by atoms with Gasteiger partial charge in [-0.05, 0) is 12.1 Å². The van der Waals surface area contributed by atoms with Crippen LogP contribution in [-0.4, -0.2) is 26.2 Å². The molecule has 1 aromatic carbocycles. The minimum absolute atomic E-state index is 0.0751. The maximum absolute atomic E-state index is 11.9. The Morgan fingerprint density at radius 2 is 2.12 bits per heavy atom. The van der Waals surface area contributed by atoms with E-state index in [1.807, 2.05) is 12.1 Å². The summed E-state index contributed by atoms with van der Waals surface area (Å²) in [5.41, 5.74) is 0.624. The van der Waals surface area contributed by atoms with Crippen LogP contribution in [0.3, 0.4) is 0 Å². The van der Waals surface area contributed by atoms with Gasteiger partial charge in [0.05, 0.1) is 12.3 Å². The highest BCUT2D eigenvalue weighted by Gasteiger charge is 2.25. The molecule has 0 amide bonds. The van der Waals surface area contributed by atoms with Crippen LogP contribution in [-0.2, 0) is 10.0 Å². The molecule has 0 bridgehead atoms. The van der Waals surface area contributed by atoms with Crippen molar-refractivity contribution in [1.82, 2.24) is 0 Å². The Labute approximate surface area is 103 Å². The third-order valence-corrected chi connectivity index (χ3v) is 5.43. The molecule has 0 N–H and O–H groups in total. The van der Waals surface area contributed by atoms with E-state index in [0.29, 0.717) is 31.0 Å². The van der Waals surface area contributed by atoms with Crippen molar-refractivity contribution in [2.45, 2.75) is 6.42 Å². The van der Waals surface area contributed by atoms with Crippen molar-refractivity contribution >= 4 is 31.6 Å². The smallest absolute Gasteiger partial charge is 0.245 e. The van der Waals surface area contributed by atoms with Gasteiger partial charge in [0.15, 0.2) is 0 Å². The fourth-order valence-electron chi connectivity index (χ4n) is 1.64. The number of halogens is 1. The number of nitrogens with zero attached hydrogens (tertiary/aromatic N) is 1. The summed E-state index contributed by atoms with van der Waals surface area (Å²) in [4.78, 5) is 0. The monoisotopic (exact) mass is 305 g/mol. The lowest BCUT2D eigenvalue weighted by atomic mass is 10.3. The molecule has 0 saturated carbocycles. The van der Waals surface area contributed by atoms with E-state index < -0.39 is 10.0 Å². The molecule has 4 nitrogen and oxygen atoms in total. The van der Waals surface area contributed by atoms with E-state index in [9.17, 15) is 8.42 Å². The van der Waals surface area contributed by atoms with Crippen molar-refractivity contribution in [3.8, 4) is 5.75 Å². The van der Waals surface area contributed by atoms with Crippen LogP contribution in [0.4, 0.5) is 5.69 Å². The number of rotatable bonds is 2. The lowest BCUT2D eigenvalue weighted by Gasteiger charge is -2.21. The van der Waals surface area contributed by atoms with Crippen LogP contribution in [0.5, 0.6) is 5.75 Å². The molecule has 1 aliphatic rings. The van der Waals surface area contributed by atoms with Crippen LogP contribution in [0.1, 0.15) is 6.42 Å². The summed E-state index contributed by atoms with van der Waals surface area (Å²) in [6.45, 7) is 1.01. The molecule has 1 aliphatic heterocycles. The molecular formula is C10H12BrNO3S. The van der Waals surface area contributed by atoms with Crippen LogP contribution in [0.15, 0.2) is 24.3 Å². The molecule has 6 heteroatoms. The topological polar surface area (TPSA) is 46.6 Å². The largest absolute Gasteiger partial charge is 0.491 e. The zero-order chi connectivity index (χ0) is 11.6. The third kappa shape index (κ3) is 2.17. The number of sulfonamides is 1. The summed E-state index contributed by atoms with van der Waals surface area (Å²) in [6, 6.07) is 7.20. The van der Waals surface area contributed by atoms with Gasteiger partial charge < -0.3 is 4.74 Å². The van der Waals surface area contributed by atoms with Crippen molar-refractivity contribution in [3.63, 3.8) is 0 Å². The normalized spacial score (nSPS) is 16.2. The molecule has 0 saturated heterocycles. The molecule has 16 heavy (non-hydrogen) atoms. The van der Waals surface area contributed by atoms with E-state index >= 15 is 0 Å². The molecule has 1 heterocycles. The maximum Gasteiger partial charge on any atom is 0.245 e. The summed E-state index contributed by atoms with van der Waals surface area (Å²) < 4.78 is 30.6. The molecule has 0 unspecified atom stereocenters. The summed E-state index contributed by atoms with van der Waals surface area (Å²) in [5, 5.41) is 0. The highest BCUT2D eigenvalue weighted by atomic mass is 79.9. The molecule has 0 radical (unpaired) electrons. The Kier molecular flexibility index (Phi) is 3.39. The van der Waals surface area contributed by atoms with Crippen molar-refractivity contribution in [3.05, 3.63) is 24.3 Å². The van der Waals surface area contributed by atoms with Crippen LogP contribution < -0.4 is 9.04 Å². The number of ether oxygens (including phenoxy) is 1. The average molecular weight is 306 g/mol. The van der Waals surface area contributed by atoms with Gasteiger partial charge in [-0.25, -0.2) is 8.42 Å². The first-order valence-electron chi connectivity index (χ1n) is 4.93. The predicted octanol–water partition coefficient (Wildman–Crippen LogP) is 1.96. The molecule has 1 aromatic rings. The van der Waals surface area contributed by atoms with Gasteiger partial charge in [-0.15, -0.1) is 0 Å². The first kappa shape index (κ1) is 11.7. The fourth-order valence-corrected chi connectivity index (χ4v) is 3.36. The SMILES string of the molecule is O=S(=O)(CBr)N1CCCOc2ccccc21. The van der Waals surface area contributed by atoms with Crippen LogP contribution >= 0.6 is 15.9 Å². The number of hydrogen-bond acceptors (Lipinski definition) is 3. The molecule has 2 rings (SSSR count). The summed E-state index contributed by atoms with van der Waals surface area (Å²) in [7, 11) is -3.29. The summed E-state index contributed by atoms with van der Waals surface area (Å²) >= 11 is 3.01. The second kappa shape index (κ2) is 4.63. The molecule has 0 aromatic heterocycles. The lowest BCUT2D eigenvalue weighted by Crippen LogP contribution is -2.32. The van der Waals surface area contributed by atoms with Gasteiger partial charge in [-0.3, -0.25) is 4.31 Å². The van der Waals surface area contributed by atoms with Crippen molar-refractivity contribution in [1.29, 1.82) is 0 Å². The number of para-hydroxylation sites is 2. The first-order valence-corrected chi connectivity index (χ1v) is 7.66. The minimum Gasteiger partial charge on any atom is -0.491 e. The quantitative estimate of drug-likeness (QED) is 0.785. The molecular weight excluding hydrogens is 294 g/mol. The number of anilines is 1. The van der Waals surface area contributed by atoms with Gasteiger partial charge in [0, 0.05) is 13.0 Å². The van der Waals surface area contributed by atoms with Crippen molar-refractivity contribution < 1.29 is 13.2 Å². The van der Waals surface area contributed by atoms with Gasteiger partial charge >= 0.3 is 0 Å². The van der Waals surface area contributed by atoms with Gasteiger partial charge in [0.1, 0.15) is 10.4 Å². The lowest BCUT2D eigenvalue weighted by molar-refractivity contribution is 0.322. The van der Waals surface area contributed by atoms with Crippen molar-refractivity contribution in [2.75, 3.05) is 22.1 Å². The van der Waals surface area contributed by atoms with E-state index in [-0.39, 0.29) is 4.66 Å². The Bertz CT molecular complexity index is 475. The Morgan fingerprint density at radius 3 is 2.88 bits per heavy atom. The van der Waals surface area contributed by atoms with E-state index in [1.165, 1.54) is 4.31 Å². The predicted molar refractivity (Wildman–Crippen MR) is 66.6 cm³/mol. The Hall–Kier alpha value is -0.750. The van der Waals surface area contributed by atoms with Gasteiger partial charge in [-0.1, -0.05) is 28.1 Å². The average Bonchev–Trinajstić information content (AvgIpc) is 2.51. The highest BCUT2D eigenvalue weighted by Crippen LogP contribution is 2.32. The second-order valence-corrected chi connectivity index (χ2v) is 6.66. The van der Waals surface area contributed by atoms with E-state index in [2.05, 4.69) is 15.9 Å². The van der Waals surface area contributed by atoms with Crippen LogP contribution in [0, 0.1) is 0 Å². The zero-order valence-corrected chi connectivity index (χ0v) is 11.0. The summed E-state index contributed by atoms with van der Waals surface area (Å²) in [6.07, 6.45) is 0.695. The van der Waals surface area contributed by atoms with Gasteiger partial charge in [-0.2, -0.15) is 0 Å². The minimum atomic E-state index is -3.29. The molecule has 0 fully saturated rings. The molecule has 0 spiro atoms. The van der Waals surface area contributed by atoms with Crippen LogP contribution in [0.25, 0.3) is 0 Å². The van der Waals surface area contributed by atoms with Crippen molar-refractivity contribution in [2.24, 2.45) is 0 Å². The second-order valence-electron chi connectivity index (χ2n) is 3.46. The maximum atomic E-state index is 11.9. The van der Waals surface area contributed by atoms with E-state index in [1.54, 1.807) is 12.1 Å². The number of alkyl halides is 1. The third-order valence-electron chi connectivity index (χ3n) is 2.37. The first-order chi connectivity index (χ1) is 7.65. The molecule has 88 valence electrons. The van der Waals surface area contributed by atoms with E-state index in [0.717, 1.165) is 0 Å². The number of benzene rings is 1.